The van der Waals surface area contributed by atoms with Gasteiger partial charge in [0.05, 0.1) is 0 Å². The van der Waals surface area contributed by atoms with E-state index in [9.17, 15) is 4.79 Å². The van der Waals surface area contributed by atoms with Crippen LogP contribution in [-0.4, -0.2) is 48.9 Å². The van der Waals surface area contributed by atoms with Crippen molar-refractivity contribution in [1.82, 2.24) is 9.80 Å². The molecule has 1 aliphatic heterocycles. The van der Waals surface area contributed by atoms with Crippen molar-refractivity contribution in [2.24, 2.45) is 0 Å². The standard InChI is InChI=1S/C9H18N2O/c1-3-10(2)7-9-5-4-6-11(9)8-12/h8-9H,3-7H2,1-2H3/t9-/m0/s1. The number of carbonyl (C=O) groups is 1. The van der Waals surface area contributed by atoms with Crippen molar-refractivity contribution < 1.29 is 4.79 Å². The van der Waals surface area contributed by atoms with E-state index in [1.807, 2.05) is 4.90 Å². The topological polar surface area (TPSA) is 23.6 Å². The van der Waals surface area contributed by atoms with Crippen molar-refractivity contribution in [3.05, 3.63) is 0 Å². The Kier molecular flexibility index (Phi) is 3.53. The molecule has 1 rings (SSSR count). The molecule has 0 aliphatic carbocycles. The molecule has 0 unspecified atom stereocenters. The average molecular weight is 170 g/mol. The Morgan fingerprint density at radius 3 is 3.00 bits per heavy atom. The van der Waals surface area contributed by atoms with Gasteiger partial charge in [0.25, 0.3) is 0 Å². The van der Waals surface area contributed by atoms with E-state index < -0.39 is 0 Å². The minimum absolute atomic E-state index is 0.465. The maximum atomic E-state index is 10.6. The largest absolute Gasteiger partial charge is 0.341 e. The highest BCUT2D eigenvalue weighted by atomic mass is 16.1. The Balaban J connectivity index is 2.35. The SMILES string of the molecule is CCN(C)C[C@@H]1CCCN1C=O. The molecule has 0 aromatic rings. The molecule has 0 aromatic carbocycles. The van der Waals surface area contributed by atoms with Crippen LogP contribution in [0.1, 0.15) is 19.8 Å². The van der Waals surface area contributed by atoms with Gasteiger partial charge in [0, 0.05) is 19.1 Å². The number of rotatable bonds is 4. The van der Waals surface area contributed by atoms with Crippen molar-refractivity contribution in [3.8, 4) is 0 Å². The van der Waals surface area contributed by atoms with Crippen LogP contribution < -0.4 is 0 Å². The summed E-state index contributed by atoms with van der Waals surface area (Å²) in [6.07, 6.45) is 3.32. The summed E-state index contributed by atoms with van der Waals surface area (Å²) in [6.45, 7) is 5.17. The molecule has 0 spiro atoms. The molecule has 1 amide bonds. The fraction of sp³-hybridized carbons (Fsp3) is 0.889. The first-order chi connectivity index (χ1) is 5.77. The van der Waals surface area contributed by atoms with E-state index in [1.54, 1.807) is 0 Å². The Hall–Kier alpha value is -0.570. The van der Waals surface area contributed by atoms with Gasteiger partial charge in [0.2, 0.25) is 6.41 Å². The van der Waals surface area contributed by atoms with Gasteiger partial charge in [-0.25, -0.2) is 0 Å². The fourth-order valence-electron chi connectivity index (χ4n) is 1.68. The average Bonchev–Trinajstić information content (AvgIpc) is 2.51. The van der Waals surface area contributed by atoms with E-state index in [2.05, 4.69) is 18.9 Å². The zero-order valence-electron chi connectivity index (χ0n) is 7.99. The Morgan fingerprint density at radius 1 is 1.67 bits per heavy atom. The van der Waals surface area contributed by atoms with Gasteiger partial charge in [-0.2, -0.15) is 0 Å². The van der Waals surface area contributed by atoms with Gasteiger partial charge in [0.1, 0.15) is 0 Å². The molecule has 12 heavy (non-hydrogen) atoms. The first-order valence-electron chi connectivity index (χ1n) is 4.67. The molecule has 1 fully saturated rings. The lowest BCUT2D eigenvalue weighted by molar-refractivity contribution is -0.119. The molecule has 0 radical (unpaired) electrons. The van der Waals surface area contributed by atoms with E-state index in [0.29, 0.717) is 6.04 Å². The molecule has 70 valence electrons. The first-order valence-corrected chi connectivity index (χ1v) is 4.67. The third-order valence-electron chi connectivity index (χ3n) is 2.62. The summed E-state index contributed by atoms with van der Waals surface area (Å²) in [5.41, 5.74) is 0. The van der Waals surface area contributed by atoms with Gasteiger partial charge >= 0.3 is 0 Å². The molecule has 0 bridgehead atoms. The van der Waals surface area contributed by atoms with Crippen LogP contribution in [0.4, 0.5) is 0 Å². The van der Waals surface area contributed by atoms with E-state index in [-0.39, 0.29) is 0 Å². The summed E-state index contributed by atoms with van der Waals surface area (Å²) >= 11 is 0. The molecule has 1 heterocycles. The fourth-order valence-corrected chi connectivity index (χ4v) is 1.68. The summed E-state index contributed by atoms with van der Waals surface area (Å²) < 4.78 is 0. The minimum Gasteiger partial charge on any atom is -0.341 e. The van der Waals surface area contributed by atoms with Crippen molar-refractivity contribution in [1.29, 1.82) is 0 Å². The number of nitrogens with zero attached hydrogens (tertiary/aromatic N) is 2. The van der Waals surface area contributed by atoms with Crippen LogP contribution >= 0.6 is 0 Å². The normalized spacial score (nSPS) is 23.6. The zero-order valence-corrected chi connectivity index (χ0v) is 7.99. The van der Waals surface area contributed by atoms with Gasteiger partial charge in [-0.3, -0.25) is 4.79 Å². The number of hydrogen-bond donors (Lipinski definition) is 0. The molecule has 3 nitrogen and oxygen atoms in total. The van der Waals surface area contributed by atoms with Crippen LogP contribution in [-0.2, 0) is 4.79 Å². The van der Waals surface area contributed by atoms with Gasteiger partial charge in [-0.05, 0) is 26.4 Å². The highest BCUT2D eigenvalue weighted by Gasteiger charge is 2.23. The Bertz CT molecular complexity index is 149. The van der Waals surface area contributed by atoms with Crippen molar-refractivity contribution >= 4 is 6.41 Å². The summed E-state index contributed by atoms with van der Waals surface area (Å²) in [6, 6.07) is 0.465. The van der Waals surface area contributed by atoms with E-state index >= 15 is 0 Å². The third kappa shape index (κ3) is 2.21. The summed E-state index contributed by atoms with van der Waals surface area (Å²) in [5.74, 6) is 0. The van der Waals surface area contributed by atoms with Gasteiger partial charge < -0.3 is 9.80 Å². The van der Waals surface area contributed by atoms with Crippen LogP contribution in [0.2, 0.25) is 0 Å². The van der Waals surface area contributed by atoms with Crippen molar-refractivity contribution in [2.75, 3.05) is 26.7 Å². The van der Waals surface area contributed by atoms with Gasteiger partial charge in [0.15, 0.2) is 0 Å². The molecule has 0 N–H and O–H groups in total. The minimum atomic E-state index is 0.465. The number of likely N-dealkylation sites (N-methyl/N-ethyl adjacent to an activating group) is 1. The molecule has 0 aromatic heterocycles. The van der Waals surface area contributed by atoms with Gasteiger partial charge in [-0.15, -0.1) is 0 Å². The molecule has 1 atom stereocenters. The second-order valence-electron chi connectivity index (χ2n) is 3.49. The number of amides is 1. The van der Waals surface area contributed by atoms with E-state index in [1.165, 1.54) is 12.8 Å². The Labute approximate surface area is 74.3 Å². The lowest BCUT2D eigenvalue weighted by Gasteiger charge is -2.24. The lowest BCUT2D eigenvalue weighted by Crippen LogP contribution is -2.37. The van der Waals surface area contributed by atoms with Crippen LogP contribution in [0.3, 0.4) is 0 Å². The highest BCUT2D eigenvalue weighted by Crippen LogP contribution is 2.15. The quantitative estimate of drug-likeness (QED) is 0.576. The van der Waals surface area contributed by atoms with Crippen molar-refractivity contribution in [3.63, 3.8) is 0 Å². The molecule has 0 saturated carbocycles. The van der Waals surface area contributed by atoms with Crippen LogP contribution in [0.25, 0.3) is 0 Å². The monoisotopic (exact) mass is 170 g/mol. The Morgan fingerprint density at radius 2 is 2.42 bits per heavy atom. The number of hydrogen-bond acceptors (Lipinski definition) is 2. The maximum absolute atomic E-state index is 10.6. The predicted molar refractivity (Wildman–Crippen MR) is 49.0 cm³/mol. The second-order valence-corrected chi connectivity index (χ2v) is 3.49. The molecule has 3 heteroatoms. The molecule has 1 saturated heterocycles. The molecular formula is C9H18N2O. The lowest BCUT2D eigenvalue weighted by atomic mass is 10.2. The third-order valence-corrected chi connectivity index (χ3v) is 2.62. The van der Waals surface area contributed by atoms with Crippen LogP contribution in [0.15, 0.2) is 0 Å². The van der Waals surface area contributed by atoms with Crippen molar-refractivity contribution in [2.45, 2.75) is 25.8 Å². The number of carbonyl (C=O) groups excluding carboxylic acids is 1. The van der Waals surface area contributed by atoms with Crippen LogP contribution in [0.5, 0.6) is 0 Å². The van der Waals surface area contributed by atoms with Crippen LogP contribution in [0, 0.1) is 0 Å². The van der Waals surface area contributed by atoms with E-state index in [4.69, 9.17) is 0 Å². The maximum Gasteiger partial charge on any atom is 0.209 e. The predicted octanol–water partition coefficient (Wildman–Crippen LogP) is 0.559. The van der Waals surface area contributed by atoms with E-state index in [0.717, 1.165) is 26.0 Å². The summed E-state index contributed by atoms with van der Waals surface area (Å²) in [4.78, 5) is 14.8. The molecule has 1 aliphatic rings. The smallest absolute Gasteiger partial charge is 0.209 e. The molecular weight excluding hydrogens is 152 g/mol. The van der Waals surface area contributed by atoms with Gasteiger partial charge in [-0.1, -0.05) is 6.92 Å². The number of likely N-dealkylation sites (tertiary alicyclic amines) is 1. The zero-order chi connectivity index (χ0) is 8.97. The summed E-state index contributed by atoms with van der Waals surface area (Å²) in [7, 11) is 2.10. The highest BCUT2D eigenvalue weighted by molar-refractivity contribution is 5.48. The first kappa shape index (κ1) is 9.52. The summed E-state index contributed by atoms with van der Waals surface area (Å²) in [5, 5.41) is 0. The second kappa shape index (κ2) is 4.45.